The lowest BCUT2D eigenvalue weighted by Crippen LogP contribution is -2.50. The Balaban J connectivity index is 2.32. The van der Waals surface area contributed by atoms with Gasteiger partial charge in [-0.1, -0.05) is 6.92 Å². The molecule has 1 aromatic carbocycles. The lowest BCUT2D eigenvalue weighted by Gasteiger charge is -2.30. The Morgan fingerprint density at radius 3 is 2.79 bits per heavy atom. The Kier molecular flexibility index (Phi) is 5.97. The largest absolute Gasteiger partial charge is 0.493 e. The van der Waals surface area contributed by atoms with Crippen molar-refractivity contribution in [1.82, 2.24) is 10.6 Å². The summed E-state index contributed by atoms with van der Waals surface area (Å²) in [6, 6.07) is 2.53. The van der Waals surface area contributed by atoms with Gasteiger partial charge in [-0.2, -0.15) is 0 Å². The van der Waals surface area contributed by atoms with Gasteiger partial charge in [-0.05, 0) is 25.8 Å². The Labute approximate surface area is 140 Å². The minimum Gasteiger partial charge on any atom is -0.493 e. The molecule has 1 heterocycles. The summed E-state index contributed by atoms with van der Waals surface area (Å²) in [7, 11) is 1.43. The molecule has 0 radical (unpaired) electrons. The number of nitrogens with one attached hydrogen (secondary N) is 2. The molecule has 2 unspecified atom stereocenters. The maximum Gasteiger partial charge on any atom is 0.286 e. The fourth-order valence-electron chi connectivity index (χ4n) is 2.74. The third-order valence-corrected chi connectivity index (χ3v) is 4.17. The number of nitrogens with zero attached hydrogens (tertiary/aromatic N) is 1. The van der Waals surface area contributed by atoms with E-state index < -0.39 is 10.8 Å². The molecule has 24 heavy (non-hydrogen) atoms. The zero-order valence-corrected chi connectivity index (χ0v) is 14.1. The van der Waals surface area contributed by atoms with Crippen molar-refractivity contribution in [1.29, 1.82) is 0 Å². The van der Waals surface area contributed by atoms with Gasteiger partial charge in [-0.15, -0.1) is 0 Å². The summed E-state index contributed by atoms with van der Waals surface area (Å²) in [6.07, 6.45) is 0.944. The summed E-state index contributed by atoms with van der Waals surface area (Å²) in [6.45, 7) is 5.71. The van der Waals surface area contributed by atoms with Gasteiger partial charge in [0.15, 0.2) is 11.5 Å². The molecule has 0 aromatic heterocycles. The third kappa shape index (κ3) is 3.94. The second-order valence-electron chi connectivity index (χ2n) is 5.76. The van der Waals surface area contributed by atoms with E-state index >= 15 is 0 Å². The maximum absolute atomic E-state index is 12.6. The predicted octanol–water partition coefficient (Wildman–Crippen LogP) is 1.73. The van der Waals surface area contributed by atoms with Crippen molar-refractivity contribution >= 4 is 11.6 Å². The fourth-order valence-corrected chi connectivity index (χ4v) is 2.74. The highest BCUT2D eigenvalue weighted by Gasteiger charge is 2.28. The van der Waals surface area contributed by atoms with Gasteiger partial charge in [-0.25, -0.2) is 0 Å². The molecule has 0 saturated carbocycles. The van der Waals surface area contributed by atoms with Gasteiger partial charge in [0.2, 0.25) is 0 Å². The predicted molar refractivity (Wildman–Crippen MR) is 88.7 cm³/mol. The van der Waals surface area contributed by atoms with E-state index in [9.17, 15) is 14.9 Å². The van der Waals surface area contributed by atoms with E-state index in [-0.39, 0.29) is 23.0 Å². The molecule has 0 spiro atoms. The number of rotatable bonds is 6. The van der Waals surface area contributed by atoms with Crippen molar-refractivity contribution in [2.24, 2.45) is 5.92 Å². The van der Waals surface area contributed by atoms with Crippen LogP contribution in [-0.4, -0.2) is 43.7 Å². The number of piperidine rings is 1. The minimum absolute atomic E-state index is 0.0296. The van der Waals surface area contributed by atoms with Crippen molar-refractivity contribution in [3.8, 4) is 11.5 Å². The van der Waals surface area contributed by atoms with Crippen molar-refractivity contribution < 1.29 is 19.2 Å². The van der Waals surface area contributed by atoms with Gasteiger partial charge in [0.05, 0.1) is 24.7 Å². The average Bonchev–Trinajstić information content (AvgIpc) is 2.56. The number of carbonyl (C=O) groups excluding carboxylic acids is 1. The van der Waals surface area contributed by atoms with Gasteiger partial charge >= 0.3 is 0 Å². The quantitative estimate of drug-likeness (QED) is 0.605. The van der Waals surface area contributed by atoms with Crippen molar-refractivity contribution in [2.45, 2.75) is 26.3 Å². The molecular weight excluding hydrogens is 314 g/mol. The SMILES string of the molecule is CCOc1cc([N+](=O)[O-])c(C(=O)NC2CNCCC2C)cc1OC. The third-order valence-electron chi connectivity index (χ3n) is 4.17. The smallest absolute Gasteiger partial charge is 0.286 e. The second-order valence-corrected chi connectivity index (χ2v) is 5.76. The van der Waals surface area contributed by atoms with Crippen LogP contribution in [0.1, 0.15) is 30.6 Å². The van der Waals surface area contributed by atoms with E-state index in [1.165, 1.54) is 19.2 Å². The van der Waals surface area contributed by atoms with Crippen molar-refractivity contribution in [2.75, 3.05) is 26.8 Å². The number of nitro groups is 1. The van der Waals surface area contributed by atoms with Crippen LogP contribution in [0.4, 0.5) is 5.69 Å². The lowest BCUT2D eigenvalue weighted by atomic mass is 9.94. The lowest BCUT2D eigenvalue weighted by molar-refractivity contribution is -0.385. The molecule has 132 valence electrons. The van der Waals surface area contributed by atoms with E-state index in [0.717, 1.165) is 13.0 Å². The summed E-state index contributed by atoms with van der Waals surface area (Å²) in [5.74, 6) is 0.362. The van der Waals surface area contributed by atoms with Crippen LogP contribution in [0.25, 0.3) is 0 Å². The summed E-state index contributed by atoms with van der Waals surface area (Å²) in [4.78, 5) is 23.4. The highest BCUT2D eigenvalue weighted by molar-refractivity contribution is 5.99. The normalized spacial score (nSPS) is 20.3. The topological polar surface area (TPSA) is 103 Å². The number of ether oxygens (including phenoxy) is 2. The molecule has 0 aliphatic carbocycles. The molecular formula is C16H23N3O5. The number of hydrogen-bond donors (Lipinski definition) is 2. The van der Waals surface area contributed by atoms with Crippen LogP contribution in [0, 0.1) is 16.0 Å². The number of nitro benzene ring substituents is 1. The first kappa shape index (κ1) is 18.0. The van der Waals surface area contributed by atoms with E-state index in [1.54, 1.807) is 6.92 Å². The van der Waals surface area contributed by atoms with E-state index in [1.807, 2.05) is 0 Å². The molecule has 1 saturated heterocycles. The van der Waals surface area contributed by atoms with Gasteiger partial charge in [0, 0.05) is 18.7 Å². The summed E-state index contributed by atoms with van der Waals surface area (Å²) >= 11 is 0. The first-order valence-corrected chi connectivity index (χ1v) is 7.98. The highest BCUT2D eigenvalue weighted by Crippen LogP contribution is 2.34. The second kappa shape index (κ2) is 7.96. The number of carbonyl (C=O) groups is 1. The van der Waals surface area contributed by atoms with Crippen LogP contribution < -0.4 is 20.1 Å². The monoisotopic (exact) mass is 337 g/mol. The Hall–Kier alpha value is -2.35. The van der Waals surface area contributed by atoms with E-state index in [2.05, 4.69) is 17.6 Å². The molecule has 8 heteroatoms. The van der Waals surface area contributed by atoms with Crippen LogP contribution in [0.5, 0.6) is 11.5 Å². The van der Waals surface area contributed by atoms with E-state index in [4.69, 9.17) is 9.47 Å². The number of benzene rings is 1. The molecule has 2 N–H and O–H groups in total. The molecule has 1 amide bonds. The zero-order valence-electron chi connectivity index (χ0n) is 14.1. The van der Waals surface area contributed by atoms with Gasteiger partial charge in [-0.3, -0.25) is 14.9 Å². The summed E-state index contributed by atoms with van der Waals surface area (Å²) in [5, 5.41) is 17.5. The molecule has 2 rings (SSSR count). The van der Waals surface area contributed by atoms with Crippen molar-refractivity contribution in [3.63, 3.8) is 0 Å². The van der Waals surface area contributed by atoms with Crippen LogP contribution in [0.2, 0.25) is 0 Å². The molecule has 1 aromatic rings. The summed E-state index contributed by atoms with van der Waals surface area (Å²) < 4.78 is 10.5. The zero-order chi connectivity index (χ0) is 17.7. The average molecular weight is 337 g/mol. The van der Waals surface area contributed by atoms with Gasteiger partial charge < -0.3 is 20.1 Å². The van der Waals surface area contributed by atoms with Crippen molar-refractivity contribution in [3.05, 3.63) is 27.8 Å². The molecule has 2 atom stereocenters. The highest BCUT2D eigenvalue weighted by atomic mass is 16.6. The Bertz CT molecular complexity index is 620. The molecule has 1 fully saturated rings. The molecule has 8 nitrogen and oxygen atoms in total. The standard InChI is InChI=1S/C16H23N3O5/c1-4-24-15-8-13(19(21)22)11(7-14(15)23-3)16(20)18-12-9-17-6-5-10(12)2/h7-8,10,12,17H,4-6,9H2,1-3H3,(H,18,20). The van der Waals surface area contributed by atoms with E-state index in [0.29, 0.717) is 24.8 Å². The summed E-state index contributed by atoms with van der Waals surface area (Å²) in [5.41, 5.74) is -0.328. The molecule has 0 bridgehead atoms. The number of methoxy groups -OCH3 is 1. The van der Waals surface area contributed by atoms with Gasteiger partial charge in [0.25, 0.3) is 11.6 Å². The fraction of sp³-hybridized carbons (Fsp3) is 0.562. The minimum atomic E-state index is -0.584. The molecule has 1 aliphatic heterocycles. The van der Waals surface area contributed by atoms with Crippen LogP contribution in [0.3, 0.4) is 0 Å². The Morgan fingerprint density at radius 2 is 2.21 bits per heavy atom. The number of amides is 1. The first-order valence-electron chi connectivity index (χ1n) is 7.98. The van der Waals surface area contributed by atoms with Gasteiger partial charge in [0.1, 0.15) is 5.56 Å². The first-order chi connectivity index (χ1) is 11.5. The maximum atomic E-state index is 12.6. The van der Waals surface area contributed by atoms with Crippen LogP contribution >= 0.6 is 0 Å². The number of hydrogen-bond acceptors (Lipinski definition) is 6. The van der Waals surface area contributed by atoms with Crippen LogP contribution in [0.15, 0.2) is 12.1 Å². The Morgan fingerprint density at radius 1 is 1.46 bits per heavy atom. The van der Waals surface area contributed by atoms with Crippen LogP contribution in [-0.2, 0) is 0 Å². The molecule has 1 aliphatic rings.